The highest BCUT2D eigenvalue weighted by Crippen LogP contribution is 2.25. The number of anilines is 1. The van der Waals surface area contributed by atoms with Gasteiger partial charge in [0.25, 0.3) is 5.69 Å². The third-order valence-corrected chi connectivity index (χ3v) is 2.36. The minimum Gasteiger partial charge on any atom is -0.375 e. The molecule has 1 heterocycles. The first-order valence-electron chi connectivity index (χ1n) is 5.23. The van der Waals surface area contributed by atoms with Gasteiger partial charge in [-0.1, -0.05) is 6.07 Å². The summed E-state index contributed by atoms with van der Waals surface area (Å²) in [5, 5.41) is 13.7. The summed E-state index contributed by atoms with van der Waals surface area (Å²) in [5.74, 6) is -0.631. The molecule has 0 aliphatic heterocycles. The SMILES string of the molecule is O=[N+]([O-])c1cc(F)ccc1NCc1cccnc1. The predicted molar refractivity (Wildman–Crippen MR) is 64.6 cm³/mol. The quantitative estimate of drug-likeness (QED) is 0.666. The standard InChI is InChI=1S/C12H10FN3O2/c13-10-3-4-11(12(6-10)16(17)18)15-8-9-2-1-5-14-7-9/h1-7,15H,8H2. The number of hydrogen-bond donors (Lipinski definition) is 1. The molecule has 1 N–H and O–H groups in total. The van der Waals surface area contributed by atoms with Gasteiger partial charge in [0, 0.05) is 18.9 Å². The van der Waals surface area contributed by atoms with Crippen LogP contribution in [-0.4, -0.2) is 9.91 Å². The summed E-state index contributed by atoms with van der Waals surface area (Å²) < 4.78 is 12.9. The van der Waals surface area contributed by atoms with Crippen molar-refractivity contribution in [2.45, 2.75) is 6.54 Å². The highest BCUT2D eigenvalue weighted by molar-refractivity contribution is 5.61. The molecule has 6 heteroatoms. The van der Waals surface area contributed by atoms with Crippen LogP contribution in [0.25, 0.3) is 0 Å². The van der Waals surface area contributed by atoms with Crippen molar-refractivity contribution in [3.63, 3.8) is 0 Å². The first-order valence-corrected chi connectivity index (χ1v) is 5.23. The monoisotopic (exact) mass is 247 g/mol. The number of nitrogens with one attached hydrogen (secondary N) is 1. The van der Waals surface area contributed by atoms with E-state index in [2.05, 4.69) is 10.3 Å². The van der Waals surface area contributed by atoms with Crippen molar-refractivity contribution in [2.75, 3.05) is 5.32 Å². The Morgan fingerprint density at radius 2 is 2.22 bits per heavy atom. The molecule has 0 aliphatic carbocycles. The van der Waals surface area contributed by atoms with Crippen LogP contribution in [0.5, 0.6) is 0 Å². The average molecular weight is 247 g/mol. The maximum Gasteiger partial charge on any atom is 0.295 e. The lowest BCUT2D eigenvalue weighted by atomic mass is 10.2. The van der Waals surface area contributed by atoms with Crippen LogP contribution >= 0.6 is 0 Å². The van der Waals surface area contributed by atoms with Crippen LogP contribution in [0.4, 0.5) is 15.8 Å². The van der Waals surface area contributed by atoms with Crippen molar-refractivity contribution >= 4 is 11.4 Å². The number of nitrogens with zero attached hydrogens (tertiary/aromatic N) is 2. The fourth-order valence-corrected chi connectivity index (χ4v) is 1.51. The van der Waals surface area contributed by atoms with Crippen LogP contribution in [0, 0.1) is 15.9 Å². The number of pyridine rings is 1. The fourth-order valence-electron chi connectivity index (χ4n) is 1.51. The van der Waals surface area contributed by atoms with E-state index < -0.39 is 10.7 Å². The predicted octanol–water partition coefficient (Wildman–Crippen LogP) is 2.74. The third-order valence-electron chi connectivity index (χ3n) is 2.36. The van der Waals surface area contributed by atoms with Gasteiger partial charge < -0.3 is 5.32 Å². The van der Waals surface area contributed by atoms with E-state index in [1.165, 1.54) is 12.1 Å². The Hall–Kier alpha value is -2.50. The third kappa shape index (κ3) is 2.79. The topological polar surface area (TPSA) is 68.1 Å². The average Bonchev–Trinajstić information content (AvgIpc) is 2.38. The molecule has 2 rings (SSSR count). The minimum atomic E-state index is -0.631. The summed E-state index contributed by atoms with van der Waals surface area (Å²) in [7, 11) is 0. The first-order chi connectivity index (χ1) is 8.66. The Morgan fingerprint density at radius 1 is 1.39 bits per heavy atom. The summed E-state index contributed by atoms with van der Waals surface area (Å²) in [5.41, 5.74) is 0.889. The Kier molecular flexibility index (Phi) is 3.47. The van der Waals surface area contributed by atoms with E-state index in [4.69, 9.17) is 0 Å². The molecule has 0 radical (unpaired) electrons. The molecule has 18 heavy (non-hydrogen) atoms. The largest absolute Gasteiger partial charge is 0.375 e. The van der Waals surface area contributed by atoms with Crippen molar-refractivity contribution in [1.82, 2.24) is 4.98 Å². The van der Waals surface area contributed by atoms with Crippen LogP contribution in [0.15, 0.2) is 42.7 Å². The van der Waals surface area contributed by atoms with E-state index >= 15 is 0 Å². The number of hydrogen-bond acceptors (Lipinski definition) is 4. The number of rotatable bonds is 4. The molecule has 1 aromatic carbocycles. The van der Waals surface area contributed by atoms with E-state index in [9.17, 15) is 14.5 Å². The van der Waals surface area contributed by atoms with E-state index in [-0.39, 0.29) is 11.4 Å². The molecule has 5 nitrogen and oxygen atoms in total. The van der Waals surface area contributed by atoms with Crippen LogP contribution < -0.4 is 5.32 Å². The molecule has 0 atom stereocenters. The van der Waals surface area contributed by atoms with Crippen LogP contribution in [0.1, 0.15) is 5.56 Å². The van der Waals surface area contributed by atoms with Crippen molar-refractivity contribution in [3.8, 4) is 0 Å². The first kappa shape index (κ1) is 12.0. The molecule has 0 aliphatic rings. The Labute approximate surface area is 102 Å². The molecule has 0 spiro atoms. The van der Waals surface area contributed by atoms with E-state index in [1.807, 2.05) is 6.07 Å². The van der Waals surface area contributed by atoms with Crippen LogP contribution in [0.2, 0.25) is 0 Å². The molecule has 0 bridgehead atoms. The van der Waals surface area contributed by atoms with Crippen molar-refractivity contribution in [3.05, 3.63) is 64.2 Å². The summed E-state index contributed by atoms with van der Waals surface area (Å²) in [6, 6.07) is 7.04. The van der Waals surface area contributed by atoms with E-state index in [0.717, 1.165) is 11.6 Å². The molecule has 0 unspecified atom stereocenters. The zero-order valence-corrected chi connectivity index (χ0v) is 9.34. The fraction of sp³-hybridized carbons (Fsp3) is 0.0833. The molecule has 92 valence electrons. The number of aromatic nitrogens is 1. The van der Waals surface area contributed by atoms with Crippen LogP contribution in [-0.2, 0) is 6.54 Å². The van der Waals surface area contributed by atoms with Crippen molar-refractivity contribution < 1.29 is 9.31 Å². The minimum absolute atomic E-state index is 0.279. The maximum absolute atomic E-state index is 12.9. The lowest BCUT2D eigenvalue weighted by Crippen LogP contribution is -2.03. The van der Waals surface area contributed by atoms with Gasteiger partial charge in [0.1, 0.15) is 11.5 Å². The second-order valence-corrected chi connectivity index (χ2v) is 3.63. The zero-order valence-electron chi connectivity index (χ0n) is 9.34. The maximum atomic E-state index is 12.9. The number of halogens is 1. The molecule has 0 saturated heterocycles. The second kappa shape index (κ2) is 5.22. The summed E-state index contributed by atoms with van der Waals surface area (Å²) in [6.07, 6.45) is 3.30. The number of benzene rings is 1. The highest BCUT2D eigenvalue weighted by atomic mass is 19.1. The Balaban J connectivity index is 2.17. The van der Waals surface area contributed by atoms with Gasteiger partial charge in [-0.15, -0.1) is 0 Å². The molecule has 0 amide bonds. The lowest BCUT2D eigenvalue weighted by molar-refractivity contribution is -0.384. The summed E-state index contributed by atoms with van der Waals surface area (Å²) in [6.45, 7) is 0.389. The van der Waals surface area contributed by atoms with Gasteiger partial charge in [0.05, 0.1) is 11.0 Å². The molecule has 2 aromatic rings. The van der Waals surface area contributed by atoms with Gasteiger partial charge in [-0.2, -0.15) is 0 Å². The van der Waals surface area contributed by atoms with Gasteiger partial charge in [-0.05, 0) is 23.8 Å². The van der Waals surface area contributed by atoms with E-state index in [1.54, 1.807) is 18.5 Å². The second-order valence-electron chi connectivity index (χ2n) is 3.63. The lowest BCUT2D eigenvalue weighted by Gasteiger charge is -2.06. The van der Waals surface area contributed by atoms with Gasteiger partial charge in [0.2, 0.25) is 0 Å². The molecular weight excluding hydrogens is 237 g/mol. The highest BCUT2D eigenvalue weighted by Gasteiger charge is 2.14. The normalized spacial score (nSPS) is 10.1. The smallest absolute Gasteiger partial charge is 0.295 e. The van der Waals surface area contributed by atoms with Crippen molar-refractivity contribution in [1.29, 1.82) is 0 Å². The van der Waals surface area contributed by atoms with Gasteiger partial charge in [-0.25, -0.2) is 4.39 Å². The molecule has 0 fully saturated rings. The van der Waals surface area contributed by atoms with Gasteiger partial charge in [-0.3, -0.25) is 15.1 Å². The molecule has 1 aromatic heterocycles. The van der Waals surface area contributed by atoms with E-state index in [0.29, 0.717) is 6.54 Å². The molecule has 0 saturated carbocycles. The van der Waals surface area contributed by atoms with Gasteiger partial charge in [0.15, 0.2) is 0 Å². The van der Waals surface area contributed by atoms with Crippen LogP contribution in [0.3, 0.4) is 0 Å². The van der Waals surface area contributed by atoms with Crippen molar-refractivity contribution in [2.24, 2.45) is 0 Å². The summed E-state index contributed by atoms with van der Waals surface area (Å²) in [4.78, 5) is 14.1. The number of nitro groups is 1. The zero-order chi connectivity index (χ0) is 13.0. The Bertz CT molecular complexity index is 561. The molecular formula is C12H10FN3O2. The summed E-state index contributed by atoms with van der Waals surface area (Å²) >= 11 is 0. The Morgan fingerprint density at radius 3 is 2.89 bits per heavy atom. The number of nitro benzene ring substituents is 1. The van der Waals surface area contributed by atoms with Gasteiger partial charge >= 0.3 is 0 Å².